The molecule has 3 nitrogen and oxygen atoms in total. The molecule has 1 aromatic carbocycles. The highest BCUT2D eigenvalue weighted by molar-refractivity contribution is 6.31. The molecule has 0 saturated heterocycles. The number of hydrogen-bond acceptors (Lipinski definition) is 3. The fourth-order valence-electron chi connectivity index (χ4n) is 1.18. The number of rotatable bonds is 0. The Morgan fingerprint density at radius 2 is 2.14 bits per heavy atom. The Bertz CT molecular complexity index is 595. The van der Waals surface area contributed by atoms with Crippen LogP contribution in [0, 0.1) is 11.3 Å². The van der Waals surface area contributed by atoms with Crippen LogP contribution < -0.4 is 5.43 Å². The van der Waals surface area contributed by atoms with Crippen LogP contribution in [0.1, 0.15) is 5.76 Å². The van der Waals surface area contributed by atoms with E-state index >= 15 is 0 Å². The zero-order chi connectivity index (χ0) is 10.1. The highest BCUT2D eigenvalue weighted by Gasteiger charge is 2.04. The summed E-state index contributed by atoms with van der Waals surface area (Å²) in [6.45, 7) is 0. The van der Waals surface area contributed by atoms with Crippen LogP contribution >= 0.6 is 11.6 Å². The summed E-state index contributed by atoms with van der Waals surface area (Å²) in [6, 6.07) is 7.62. The predicted molar refractivity (Wildman–Crippen MR) is 52.2 cm³/mol. The van der Waals surface area contributed by atoms with E-state index in [4.69, 9.17) is 21.3 Å². The number of nitriles is 1. The molecule has 0 fully saturated rings. The van der Waals surface area contributed by atoms with Crippen LogP contribution in [0.3, 0.4) is 0 Å². The van der Waals surface area contributed by atoms with Crippen molar-refractivity contribution in [1.82, 2.24) is 0 Å². The van der Waals surface area contributed by atoms with Gasteiger partial charge in [-0.1, -0.05) is 11.6 Å². The van der Waals surface area contributed by atoms with E-state index in [9.17, 15) is 4.79 Å². The second kappa shape index (κ2) is 3.17. The molecule has 0 spiro atoms. The maximum Gasteiger partial charge on any atom is 0.207 e. The Morgan fingerprint density at radius 3 is 2.86 bits per heavy atom. The second-order valence-corrected chi connectivity index (χ2v) is 3.16. The van der Waals surface area contributed by atoms with Gasteiger partial charge < -0.3 is 4.42 Å². The van der Waals surface area contributed by atoms with Crippen molar-refractivity contribution in [3.63, 3.8) is 0 Å². The Morgan fingerprint density at radius 1 is 1.36 bits per heavy atom. The zero-order valence-corrected chi connectivity index (χ0v) is 7.71. The Balaban J connectivity index is 2.92. The molecular formula is C10H4ClNO2. The van der Waals surface area contributed by atoms with Crippen molar-refractivity contribution in [2.75, 3.05) is 0 Å². The highest BCUT2D eigenvalue weighted by Crippen LogP contribution is 2.17. The Hall–Kier alpha value is -1.79. The number of fused-ring (bicyclic) bond motifs is 1. The molecular weight excluding hydrogens is 202 g/mol. The van der Waals surface area contributed by atoms with Gasteiger partial charge in [-0.25, -0.2) is 0 Å². The highest BCUT2D eigenvalue weighted by atomic mass is 35.5. The Kier molecular flexibility index (Phi) is 1.99. The molecule has 0 amide bonds. The van der Waals surface area contributed by atoms with Gasteiger partial charge in [0.25, 0.3) is 0 Å². The number of nitrogens with zero attached hydrogens (tertiary/aromatic N) is 1. The minimum Gasteiger partial charge on any atom is -0.445 e. The quantitative estimate of drug-likeness (QED) is 0.663. The molecule has 0 bridgehead atoms. The summed E-state index contributed by atoms with van der Waals surface area (Å²) in [7, 11) is 0. The van der Waals surface area contributed by atoms with Crippen LogP contribution in [0.4, 0.5) is 0 Å². The summed E-state index contributed by atoms with van der Waals surface area (Å²) in [4.78, 5) is 11.4. The predicted octanol–water partition coefficient (Wildman–Crippen LogP) is 2.32. The van der Waals surface area contributed by atoms with Crippen LogP contribution in [0.5, 0.6) is 0 Å². The van der Waals surface area contributed by atoms with E-state index in [-0.39, 0.29) is 11.2 Å². The van der Waals surface area contributed by atoms with E-state index in [1.54, 1.807) is 18.2 Å². The maximum absolute atomic E-state index is 11.4. The summed E-state index contributed by atoms with van der Waals surface area (Å²) < 4.78 is 5.13. The van der Waals surface area contributed by atoms with Gasteiger partial charge in [-0.2, -0.15) is 5.26 Å². The van der Waals surface area contributed by atoms with Gasteiger partial charge in [0.1, 0.15) is 11.7 Å². The number of halogens is 1. The van der Waals surface area contributed by atoms with Crippen LogP contribution in [0.2, 0.25) is 5.02 Å². The largest absolute Gasteiger partial charge is 0.445 e. The van der Waals surface area contributed by atoms with E-state index in [1.165, 1.54) is 6.07 Å². The molecule has 0 aliphatic heterocycles. The van der Waals surface area contributed by atoms with Gasteiger partial charge in [-0.15, -0.1) is 0 Å². The van der Waals surface area contributed by atoms with Crippen molar-refractivity contribution < 1.29 is 4.42 Å². The van der Waals surface area contributed by atoms with E-state index in [0.717, 1.165) is 6.07 Å². The SMILES string of the molecule is N#Cc1cc(=O)c2cc(Cl)ccc2o1. The standard InChI is InChI=1S/C10H4ClNO2/c11-6-1-2-10-8(3-6)9(13)4-7(5-12)14-10/h1-4H. The molecule has 0 unspecified atom stereocenters. The molecule has 0 aliphatic carbocycles. The van der Waals surface area contributed by atoms with E-state index in [1.807, 2.05) is 0 Å². The van der Waals surface area contributed by atoms with Gasteiger partial charge in [0.2, 0.25) is 5.76 Å². The molecule has 1 heterocycles. The van der Waals surface area contributed by atoms with Crippen molar-refractivity contribution in [3.8, 4) is 6.07 Å². The molecule has 68 valence electrons. The smallest absolute Gasteiger partial charge is 0.207 e. The first-order chi connectivity index (χ1) is 6.70. The van der Waals surface area contributed by atoms with Crippen LogP contribution in [0.25, 0.3) is 11.0 Å². The minimum absolute atomic E-state index is 0.00447. The third kappa shape index (κ3) is 1.36. The molecule has 0 saturated carbocycles. The molecule has 0 N–H and O–H groups in total. The molecule has 2 aromatic rings. The summed E-state index contributed by atoms with van der Waals surface area (Å²) in [5.74, 6) is 0.00447. The fraction of sp³-hybridized carbons (Fsp3) is 0. The zero-order valence-electron chi connectivity index (χ0n) is 6.95. The third-order valence-electron chi connectivity index (χ3n) is 1.80. The summed E-state index contributed by atoms with van der Waals surface area (Å²) in [5.41, 5.74) is 0.115. The first-order valence-corrected chi connectivity index (χ1v) is 4.22. The molecule has 14 heavy (non-hydrogen) atoms. The van der Waals surface area contributed by atoms with Crippen molar-refractivity contribution in [3.05, 3.63) is 45.3 Å². The van der Waals surface area contributed by atoms with Crippen molar-refractivity contribution in [1.29, 1.82) is 5.26 Å². The average molecular weight is 206 g/mol. The van der Waals surface area contributed by atoms with Crippen LogP contribution in [-0.4, -0.2) is 0 Å². The van der Waals surface area contributed by atoms with Gasteiger partial charge in [0.05, 0.1) is 5.39 Å². The van der Waals surface area contributed by atoms with Gasteiger partial charge >= 0.3 is 0 Å². The van der Waals surface area contributed by atoms with Crippen molar-refractivity contribution in [2.24, 2.45) is 0 Å². The van der Waals surface area contributed by atoms with Gasteiger partial charge in [0, 0.05) is 11.1 Å². The third-order valence-corrected chi connectivity index (χ3v) is 2.03. The monoisotopic (exact) mass is 205 g/mol. The maximum atomic E-state index is 11.4. The lowest BCUT2D eigenvalue weighted by Gasteiger charge is -1.96. The molecule has 0 radical (unpaired) electrons. The van der Waals surface area contributed by atoms with Crippen LogP contribution in [0.15, 0.2) is 33.5 Å². The topological polar surface area (TPSA) is 54.0 Å². The minimum atomic E-state index is -0.259. The molecule has 2 rings (SSSR count). The molecule has 0 aliphatic rings. The lowest BCUT2D eigenvalue weighted by molar-refractivity contribution is 0.586. The molecule has 4 heteroatoms. The van der Waals surface area contributed by atoms with Crippen molar-refractivity contribution in [2.45, 2.75) is 0 Å². The number of hydrogen-bond donors (Lipinski definition) is 0. The lowest BCUT2D eigenvalue weighted by Crippen LogP contribution is -2.00. The lowest BCUT2D eigenvalue weighted by atomic mass is 10.2. The Labute approximate surface area is 84.1 Å². The average Bonchev–Trinajstić information content (AvgIpc) is 2.19. The first-order valence-electron chi connectivity index (χ1n) is 3.84. The van der Waals surface area contributed by atoms with Gasteiger partial charge in [0.15, 0.2) is 5.43 Å². The summed E-state index contributed by atoms with van der Waals surface area (Å²) >= 11 is 5.72. The van der Waals surface area contributed by atoms with Crippen LogP contribution in [-0.2, 0) is 0 Å². The normalized spacial score (nSPS) is 10.0. The molecule has 1 aromatic heterocycles. The van der Waals surface area contributed by atoms with Crippen molar-refractivity contribution >= 4 is 22.6 Å². The molecule has 0 atom stereocenters. The summed E-state index contributed by atoms with van der Waals surface area (Å²) in [5, 5.41) is 9.42. The van der Waals surface area contributed by atoms with E-state index in [0.29, 0.717) is 16.0 Å². The van der Waals surface area contributed by atoms with Gasteiger partial charge in [-0.05, 0) is 18.2 Å². The fourth-order valence-corrected chi connectivity index (χ4v) is 1.36. The van der Waals surface area contributed by atoms with Gasteiger partial charge in [-0.3, -0.25) is 4.79 Å². The summed E-state index contributed by atoms with van der Waals surface area (Å²) in [6.07, 6.45) is 0. The van der Waals surface area contributed by atoms with E-state index in [2.05, 4.69) is 0 Å². The number of benzene rings is 1. The first kappa shape index (κ1) is 8.79. The van der Waals surface area contributed by atoms with E-state index < -0.39 is 0 Å². The second-order valence-electron chi connectivity index (χ2n) is 2.73.